The zero-order valence-corrected chi connectivity index (χ0v) is 16.8. The average molecular weight is 478 g/mol. The van der Waals surface area contributed by atoms with Gasteiger partial charge in [-0.2, -0.15) is 6.42 Å². The number of carbonyl (C=O) groups is 1. The maximum atomic E-state index is 10.7. The molecule has 0 aromatic rings. The first-order chi connectivity index (χ1) is 7.31. The van der Waals surface area contributed by atoms with Crippen molar-refractivity contribution in [2.75, 3.05) is 6.61 Å². The Hall–Kier alpha value is -1.79. The molecule has 0 fully saturated rings. The molecule has 0 rings (SSSR count). The van der Waals surface area contributed by atoms with Crippen molar-refractivity contribution < 1.29 is 9.53 Å². The summed E-state index contributed by atoms with van der Waals surface area (Å²) < 4.78 is 4.87. The molecule has 16 heavy (non-hydrogen) atoms. The van der Waals surface area contributed by atoms with Gasteiger partial charge in [0.1, 0.15) is 0 Å². The molecular formula is C13H23O2Rf-. The van der Waals surface area contributed by atoms with Crippen molar-refractivity contribution in [3.8, 4) is 0 Å². The van der Waals surface area contributed by atoms with Crippen LogP contribution >= 0.6 is 0 Å². The van der Waals surface area contributed by atoms with Crippen LogP contribution in [0.3, 0.4) is 0 Å². The zero-order valence-electron chi connectivity index (χ0n) is 10.4. The van der Waals surface area contributed by atoms with Crippen LogP contribution in [0.25, 0.3) is 0 Å². The average Bonchev–Trinajstić information content (AvgIpc) is 2.26. The molecule has 0 aliphatic rings. The van der Waals surface area contributed by atoms with Gasteiger partial charge in [0.05, 0.1) is 6.61 Å². The van der Waals surface area contributed by atoms with Gasteiger partial charge in [-0.1, -0.05) is 45.1 Å². The number of ether oxygens (including phenoxy) is 1. The van der Waals surface area contributed by atoms with Gasteiger partial charge in [-0.25, -0.2) is 4.79 Å². The van der Waals surface area contributed by atoms with Crippen LogP contribution in [-0.4, -0.2) is 12.6 Å². The standard InChI is InChI=1S/C13H23O2.Rf/c1-3-5-6-7-8-9-10-11-12-15-13(14)4-2;/h4H,1-3,5-12H2;/q-1;. The molecule has 0 bridgehead atoms. The van der Waals surface area contributed by atoms with E-state index >= 15 is 0 Å². The van der Waals surface area contributed by atoms with Gasteiger partial charge in [0.15, 0.2) is 0 Å². The second kappa shape index (κ2) is 13.2. The SMILES string of the molecule is C=CC(=O)OCCCCCCCCC[CH2-].[Rf]. The molecule has 0 atom stereocenters. The number of carbonyl (C=O) groups excluding carboxylic acids is 1. The Morgan fingerprint density at radius 1 is 1.06 bits per heavy atom. The van der Waals surface area contributed by atoms with Crippen LogP contribution in [0.15, 0.2) is 12.7 Å². The van der Waals surface area contributed by atoms with Gasteiger partial charge in [0.2, 0.25) is 0 Å². The first-order valence-corrected chi connectivity index (χ1v) is 5.89. The minimum Gasteiger partial charge on any atom is -0.463 e. The molecule has 0 unspecified atom stereocenters. The summed E-state index contributed by atoms with van der Waals surface area (Å²) >= 11 is 0. The molecule has 0 radical (unpaired) electrons. The van der Waals surface area contributed by atoms with E-state index in [1.807, 2.05) is 0 Å². The fraction of sp³-hybridized carbons (Fsp3) is 0.692. The van der Waals surface area contributed by atoms with Crippen molar-refractivity contribution in [3.05, 3.63) is 19.6 Å². The van der Waals surface area contributed by atoms with Gasteiger partial charge in [-0.05, 0) is 6.42 Å². The van der Waals surface area contributed by atoms with Crippen LogP contribution in [0.1, 0.15) is 51.4 Å². The van der Waals surface area contributed by atoms with Crippen LogP contribution in [0.2, 0.25) is 0 Å². The first-order valence-electron chi connectivity index (χ1n) is 5.89. The van der Waals surface area contributed by atoms with E-state index in [0.717, 1.165) is 19.3 Å². The summed E-state index contributed by atoms with van der Waals surface area (Å²) in [4.78, 5) is 10.7. The van der Waals surface area contributed by atoms with Gasteiger partial charge in [-0.3, -0.25) is 0 Å². The van der Waals surface area contributed by atoms with E-state index in [1.165, 1.54) is 38.2 Å². The number of rotatable bonds is 10. The molecule has 0 heterocycles. The number of hydrogen-bond acceptors (Lipinski definition) is 2. The van der Waals surface area contributed by atoms with E-state index in [2.05, 4.69) is 13.5 Å². The quantitative estimate of drug-likeness (QED) is 0.207. The van der Waals surface area contributed by atoms with E-state index in [-0.39, 0.29) is 5.97 Å². The third-order valence-electron chi connectivity index (χ3n) is 2.31. The molecule has 0 aliphatic carbocycles. The predicted molar refractivity (Wildman–Crippen MR) is 63.4 cm³/mol. The molecule has 0 spiro atoms. The molecule has 0 aromatic carbocycles. The summed E-state index contributed by atoms with van der Waals surface area (Å²) in [5, 5.41) is 0. The Kier molecular flexibility index (Phi) is 13.7. The Morgan fingerprint density at radius 2 is 1.56 bits per heavy atom. The Labute approximate surface area is 93.7 Å². The van der Waals surface area contributed by atoms with E-state index in [1.54, 1.807) is 0 Å². The van der Waals surface area contributed by atoms with Crippen molar-refractivity contribution in [2.24, 2.45) is 0 Å². The van der Waals surface area contributed by atoms with E-state index in [0.29, 0.717) is 6.61 Å². The summed E-state index contributed by atoms with van der Waals surface area (Å²) in [6, 6.07) is 0. The molecule has 0 amide bonds. The van der Waals surface area contributed by atoms with Gasteiger partial charge in [0.25, 0.3) is 0 Å². The zero-order chi connectivity index (χ0) is 11.4. The molecule has 2 nitrogen and oxygen atoms in total. The Balaban J connectivity index is 0. The summed E-state index contributed by atoms with van der Waals surface area (Å²) in [6.07, 6.45) is 10.8. The topological polar surface area (TPSA) is 26.3 Å². The minimum absolute atomic E-state index is 0. The van der Waals surface area contributed by atoms with Crippen molar-refractivity contribution in [3.63, 3.8) is 0 Å². The maximum absolute atomic E-state index is 10.7. The molecule has 0 saturated carbocycles. The van der Waals surface area contributed by atoms with Crippen LogP contribution < -0.4 is 0 Å². The summed E-state index contributed by atoms with van der Waals surface area (Å²) in [6.45, 7) is 7.68. The Bertz CT molecular complexity index is 169. The minimum atomic E-state index is -0.314. The number of hydrogen-bond donors (Lipinski definition) is 0. The van der Waals surface area contributed by atoms with E-state index in [4.69, 9.17) is 4.74 Å². The number of unbranched alkanes of at least 4 members (excludes halogenated alkanes) is 7. The maximum Gasteiger partial charge on any atom is 0.330 e. The first kappa shape index (κ1) is 16.6. The third-order valence-corrected chi connectivity index (χ3v) is 2.31. The molecule has 0 aromatic heterocycles. The van der Waals surface area contributed by atoms with Gasteiger partial charge in [-0.15, -0.1) is 0 Å². The fourth-order valence-corrected chi connectivity index (χ4v) is 1.39. The second-order valence-corrected chi connectivity index (χ2v) is 3.70. The van der Waals surface area contributed by atoms with E-state index in [9.17, 15) is 4.79 Å². The van der Waals surface area contributed by atoms with Crippen molar-refractivity contribution >= 4 is 5.97 Å². The van der Waals surface area contributed by atoms with Crippen molar-refractivity contribution in [2.45, 2.75) is 51.4 Å². The molecule has 3 heteroatoms. The van der Waals surface area contributed by atoms with Crippen molar-refractivity contribution in [1.29, 1.82) is 0 Å². The van der Waals surface area contributed by atoms with Crippen LogP contribution in [0.5, 0.6) is 0 Å². The van der Waals surface area contributed by atoms with Crippen molar-refractivity contribution in [1.82, 2.24) is 0 Å². The summed E-state index contributed by atoms with van der Waals surface area (Å²) in [7, 11) is 0. The van der Waals surface area contributed by atoms with Gasteiger partial charge < -0.3 is 11.7 Å². The summed E-state index contributed by atoms with van der Waals surface area (Å²) in [5.74, 6) is -0.314. The van der Waals surface area contributed by atoms with Crippen LogP contribution in [0.4, 0.5) is 0 Å². The summed E-state index contributed by atoms with van der Waals surface area (Å²) in [5.41, 5.74) is 0. The number of esters is 1. The molecule has 90 valence electrons. The monoisotopic (exact) mass is 478 g/mol. The normalized spacial score (nSPS) is 9.31. The molecule has 0 N–H and O–H groups in total. The predicted octanol–water partition coefficient (Wildman–Crippen LogP) is 3.67. The molecule has 0 saturated heterocycles. The van der Waals surface area contributed by atoms with Gasteiger partial charge in [0, 0.05) is 6.08 Å². The molecule has 0 aliphatic heterocycles. The van der Waals surface area contributed by atoms with E-state index < -0.39 is 0 Å². The smallest absolute Gasteiger partial charge is 0.330 e. The van der Waals surface area contributed by atoms with Crippen LogP contribution in [0, 0.1) is 6.92 Å². The molecular weight excluding hydrogens is 455 g/mol. The second-order valence-electron chi connectivity index (χ2n) is 3.70. The van der Waals surface area contributed by atoms with Gasteiger partial charge >= 0.3 is 5.97 Å². The largest absolute Gasteiger partial charge is 0.463 e. The van der Waals surface area contributed by atoms with Crippen LogP contribution in [-0.2, 0) is 9.53 Å². The third kappa shape index (κ3) is 12.2. The fourth-order valence-electron chi connectivity index (χ4n) is 1.39. The Morgan fingerprint density at radius 3 is 2.06 bits per heavy atom.